The fourth-order valence-corrected chi connectivity index (χ4v) is 3.59. The number of carbonyl (C=O) groups is 1. The van der Waals surface area contributed by atoms with Gasteiger partial charge in [0.15, 0.2) is 0 Å². The quantitative estimate of drug-likeness (QED) is 0.874. The van der Waals surface area contributed by atoms with Crippen molar-refractivity contribution in [2.45, 2.75) is 58.7 Å². The van der Waals surface area contributed by atoms with E-state index in [-0.39, 0.29) is 17.0 Å². The van der Waals surface area contributed by atoms with Gasteiger partial charge in [0.25, 0.3) is 0 Å². The van der Waals surface area contributed by atoms with E-state index in [0.717, 1.165) is 43.3 Å². The molecule has 3 rings (SSSR count). The summed E-state index contributed by atoms with van der Waals surface area (Å²) in [5, 5.41) is 3.14. The molecule has 7 heteroatoms. The van der Waals surface area contributed by atoms with Crippen LogP contribution in [-0.2, 0) is 18.5 Å². The van der Waals surface area contributed by atoms with Gasteiger partial charge in [0, 0.05) is 55.4 Å². The molecule has 7 nitrogen and oxygen atoms in total. The van der Waals surface area contributed by atoms with Crippen LogP contribution in [0.3, 0.4) is 0 Å². The fourth-order valence-electron chi connectivity index (χ4n) is 3.59. The molecule has 2 amide bonds. The van der Waals surface area contributed by atoms with Crippen molar-refractivity contribution in [1.82, 2.24) is 30.0 Å². The molecule has 0 aliphatic carbocycles. The van der Waals surface area contributed by atoms with Crippen LogP contribution in [0, 0.1) is 0 Å². The Hall–Kier alpha value is -1.73. The van der Waals surface area contributed by atoms with E-state index in [4.69, 9.17) is 4.98 Å². The topological polar surface area (TPSA) is 64.6 Å². The third-order valence-corrected chi connectivity index (χ3v) is 5.65. The zero-order chi connectivity index (χ0) is 19.8. The first-order valence-electron chi connectivity index (χ1n) is 9.88. The molecular formula is C20H34N6O. The van der Waals surface area contributed by atoms with Crippen LogP contribution in [-0.4, -0.2) is 76.0 Å². The molecule has 1 aromatic rings. The second kappa shape index (κ2) is 7.36. The van der Waals surface area contributed by atoms with Crippen molar-refractivity contribution in [3.63, 3.8) is 0 Å². The number of nitrogens with one attached hydrogen (secondary N) is 1. The highest BCUT2D eigenvalue weighted by atomic mass is 16.2. The Balaban J connectivity index is 1.56. The number of rotatable bonds is 3. The average Bonchev–Trinajstić information content (AvgIpc) is 3.02. The lowest BCUT2D eigenvalue weighted by atomic mass is 9.95. The van der Waals surface area contributed by atoms with Crippen molar-refractivity contribution in [3.05, 3.63) is 23.3 Å². The van der Waals surface area contributed by atoms with Gasteiger partial charge < -0.3 is 15.1 Å². The summed E-state index contributed by atoms with van der Waals surface area (Å²) >= 11 is 0. The summed E-state index contributed by atoms with van der Waals surface area (Å²) in [5.41, 5.74) is 1.89. The van der Waals surface area contributed by atoms with Crippen molar-refractivity contribution in [3.8, 4) is 0 Å². The van der Waals surface area contributed by atoms with E-state index in [0.29, 0.717) is 19.6 Å². The van der Waals surface area contributed by atoms with Gasteiger partial charge in [-0.3, -0.25) is 4.90 Å². The van der Waals surface area contributed by atoms with E-state index >= 15 is 0 Å². The number of amides is 2. The van der Waals surface area contributed by atoms with Crippen molar-refractivity contribution in [1.29, 1.82) is 0 Å². The van der Waals surface area contributed by atoms with Crippen LogP contribution < -0.4 is 5.32 Å². The highest BCUT2D eigenvalue weighted by Crippen LogP contribution is 2.25. The molecule has 1 aromatic heterocycles. The number of piperazine rings is 1. The fraction of sp³-hybridized carbons (Fsp3) is 0.750. The number of fused-ring (bicyclic) bond motifs is 1. The number of hydrogen-bond acceptors (Lipinski definition) is 5. The van der Waals surface area contributed by atoms with Gasteiger partial charge in [0.05, 0.1) is 18.8 Å². The molecule has 3 heterocycles. The number of nitrogens with zero attached hydrogens (tertiary/aromatic N) is 5. The molecule has 1 fully saturated rings. The molecule has 0 bridgehead atoms. The Morgan fingerprint density at radius 1 is 1.11 bits per heavy atom. The van der Waals surface area contributed by atoms with E-state index < -0.39 is 0 Å². The number of hydrogen-bond donors (Lipinski definition) is 1. The molecule has 2 aliphatic rings. The Labute approximate surface area is 163 Å². The Morgan fingerprint density at radius 3 is 2.41 bits per heavy atom. The van der Waals surface area contributed by atoms with Gasteiger partial charge in [-0.15, -0.1) is 0 Å². The van der Waals surface area contributed by atoms with Crippen LogP contribution in [0.5, 0.6) is 0 Å². The SMILES string of the molecule is CN1CCN(C(C)(C)CNC(=O)N2Cc3cnc(C(C)(C)C)nc3C2)CC1. The summed E-state index contributed by atoms with van der Waals surface area (Å²) in [6.07, 6.45) is 1.88. The summed E-state index contributed by atoms with van der Waals surface area (Å²) in [7, 11) is 2.16. The predicted molar refractivity (Wildman–Crippen MR) is 107 cm³/mol. The zero-order valence-corrected chi connectivity index (χ0v) is 17.7. The molecule has 1 saturated heterocycles. The van der Waals surface area contributed by atoms with Crippen LogP contribution >= 0.6 is 0 Å². The smallest absolute Gasteiger partial charge is 0.318 e. The first kappa shape index (κ1) is 20.0. The van der Waals surface area contributed by atoms with E-state index in [9.17, 15) is 4.79 Å². The standard InChI is InChI=1S/C20H34N6O/c1-19(2,3)17-21-11-15-12-25(13-16(15)23-17)18(27)22-14-20(4,5)26-9-7-24(6)8-10-26/h11H,7-10,12-14H2,1-6H3,(H,22,27). The molecule has 0 atom stereocenters. The van der Waals surface area contributed by atoms with E-state index in [1.165, 1.54) is 0 Å². The van der Waals surface area contributed by atoms with Gasteiger partial charge in [-0.05, 0) is 20.9 Å². The minimum atomic E-state index is -0.0861. The highest BCUT2D eigenvalue weighted by Gasteiger charge is 2.32. The highest BCUT2D eigenvalue weighted by molar-refractivity contribution is 5.75. The molecule has 1 N–H and O–H groups in total. The van der Waals surface area contributed by atoms with Gasteiger partial charge >= 0.3 is 6.03 Å². The molecule has 27 heavy (non-hydrogen) atoms. The lowest BCUT2D eigenvalue weighted by molar-refractivity contribution is 0.0622. The summed E-state index contributed by atoms with van der Waals surface area (Å²) in [6.45, 7) is 16.7. The average molecular weight is 375 g/mol. The van der Waals surface area contributed by atoms with Crippen LogP contribution in [0.25, 0.3) is 0 Å². The molecule has 0 aromatic carbocycles. The monoisotopic (exact) mass is 374 g/mol. The van der Waals surface area contributed by atoms with Gasteiger partial charge in [0.1, 0.15) is 5.82 Å². The van der Waals surface area contributed by atoms with E-state index in [1.807, 2.05) is 11.1 Å². The molecule has 150 valence electrons. The first-order valence-corrected chi connectivity index (χ1v) is 9.88. The van der Waals surface area contributed by atoms with Crippen molar-refractivity contribution < 1.29 is 4.79 Å². The van der Waals surface area contributed by atoms with Gasteiger partial charge in [0.2, 0.25) is 0 Å². The number of aromatic nitrogens is 2. The van der Waals surface area contributed by atoms with Gasteiger partial charge in [-0.25, -0.2) is 14.8 Å². The Bertz CT molecular complexity index is 688. The molecule has 0 unspecified atom stereocenters. The third-order valence-electron chi connectivity index (χ3n) is 5.65. The molecule has 0 saturated carbocycles. The number of carbonyl (C=O) groups excluding carboxylic acids is 1. The van der Waals surface area contributed by atoms with E-state index in [2.05, 4.69) is 61.8 Å². The van der Waals surface area contributed by atoms with Crippen LogP contribution in [0.2, 0.25) is 0 Å². The zero-order valence-electron chi connectivity index (χ0n) is 17.7. The third kappa shape index (κ3) is 4.58. The minimum absolute atomic E-state index is 0.0208. The lowest BCUT2D eigenvalue weighted by Crippen LogP contribution is -2.58. The van der Waals surface area contributed by atoms with Crippen LogP contribution in [0.1, 0.15) is 51.7 Å². The summed E-state index contributed by atoms with van der Waals surface area (Å²) in [6, 6.07) is -0.0208. The van der Waals surface area contributed by atoms with Crippen LogP contribution in [0.15, 0.2) is 6.20 Å². The molecule has 0 spiro atoms. The Morgan fingerprint density at radius 2 is 1.78 bits per heavy atom. The molecule has 2 aliphatic heterocycles. The summed E-state index contributed by atoms with van der Waals surface area (Å²) in [5.74, 6) is 0.833. The maximum absolute atomic E-state index is 12.7. The van der Waals surface area contributed by atoms with E-state index in [1.54, 1.807) is 0 Å². The lowest BCUT2D eigenvalue weighted by Gasteiger charge is -2.43. The number of urea groups is 1. The van der Waals surface area contributed by atoms with Crippen LogP contribution in [0.4, 0.5) is 4.79 Å². The largest absolute Gasteiger partial charge is 0.336 e. The van der Waals surface area contributed by atoms with Crippen molar-refractivity contribution in [2.75, 3.05) is 39.8 Å². The second-order valence-corrected chi connectivity index (χ2v) is 9.53. The molecule has 0 radical (unpaired) electrons. The van der Waals surface area contributed by atoms with Crippen molar-refractivity contribution in [2.24, 2.45) is 0 Å². The van der Waals surface area contributed by atoms with Gasteiger partial charge in [-0.1, -0.05) is 20.8 Å². The minimum Gasteiger partial charge on any atom is -0.336 e. The maximum atomic E-state index is 12.7. The second-order valence-electron chi connectivity index (χ2n) is 9.53. The Kier molecular flexibility index (Phi) is 5.45. The normalized spacial score (nSPS) is 19.3. The predicted octanol–water partition coefficient (Wildman–Crippen LogP) is 1.83. The first-order chi connectivity index (χ1) is 12.6. The van der Waals surface area contributed by atoms with Crippen molar-refractivity contribution >= 4 is 6.03 Å². The molecular weight excluding hydrogens is 340 g/mol. The maximum Gasteiger partial charge on any atom is 0.318 e. The summed E-state index contributed by atoms with van der Waals surface area (Å²) in [4.78, 5) is 28.5. The summed E-state index contributed by atoms with van der Waals surface area (Å²) < 4.78 is 0. The number of likely N-dealkylation sites (N-methyl/N-ethyl adjacent to an activating group) is 1. The van der Waals surface area contributed by atoms with Gasteiger partial charge in [-0.2, -0.15) is 0 Å².